The summed E-state index contributed by atoms with van der Waals surface area (Å²) in [5.74, 6) is 0.272. The number of halogens is 2. The molecule has 0 atom stereocenters. The van der Waals surface area contributed by atoms with Crippen LogP contribution in [0.5, 0.6) is 11.5 Å². The summed E-state index contributed by atoms with van der Waals surface area (Å²) in [6.45, 7) is 0.602. The SMILES string of the molecule is NCCCCc1c(-c2ccc(F)cc2F)[nH]c2ccc(Oc3ccccc3)cc12. The molecule has 4 aromatic rings. The van der Waals surface area contributed by atoms with Crippen LogP contribution in [0.4, 0.5) is 8.78 Å². The maximum Gasteiger partial charge on any atom is 0.135 e. The Bertz CT molecular complexity index is 1120. The summed E-state index contributed by atoms with van der Waals surface area (Å²) in [6, 6.07) is 19.0. The van der Waals surface area contributed by atoms with Crippen molar-refractivity contribution in [1.29, 1.82) is 0 Å². The van der Waals surface area contributed by atoms with Crippen LogP contribution in [0, 0.1) is 11.6 Å². The molecule has 1 heterocycles. The molecular weight excluding hydrogens is 370 g/mol. The lowest BCUT2D eigenvalue weighted by Gasteiger charge is -2.08. The van der Waals surface area contributed by atoms with E-state index in [0.717, 1.165) is 47.5 Å². The van der Waals surface area contributed by atoms with E-state index >= 15 is 0 Å². The predicted molar refractivity (Wildman–Crippen MR) is 112 cm³/mol. The van der Waals surface area contributed by atoms with Crippen molar-refractivity contribution < 1.29 is 13.5 Å². The van der Waals surface area contributed by atoms with Crippen molar-refractivity contribution in [3.05, 3.63) is 83.9 Å². The fourth-order valence-electron chi connectivity index (χ4n) is 3.54. The molecule has 0 saturated heterocycles. The molecule has 4 rings (SSSR count). The second-order valence-corrected chi connectivity index (χ2v) is 6.97. The van der Waals surface area contributed by atoms with Crippen LogP contribution in [0.2, 0.25) is 0 Å². The second-order valence-electron chi connectivity index (χ2n) is 6.97. The van der Waals surface area contributed by atoms with E-state index in [0.29, 0.717) is 23.6 Å². The highest BCUT2D eigenvalue weighted by Gasteiger charge is 2.17. The van der Waals surface area contributed by atoms with Crippen molar-refractivity contribution in [1.82, 2.24) is 4.98 Å². The van der Waals surface area contributed by atoms with Gasteiger partial charge in [0.05, 0.1) is 5.69 Å². The zero-order valence-electron chi connectivity index (χ0n) is 15.9. The van der Waals surface area contributed by atoms with Crippen molar-refractivity contribution in [2.45, 2.75) is 19.3 Å². The Morgan fingerprint density at radius 2 is 1.69 bits per heavy atom. The Balaban J connectivity index is 1.79. The number of nitrogens with one attached hydrogen (secondary N) is 1. The number of H-pyrrole nitrogens is 1. The number of hydrogen-bond donors (Lipinski definition) is 2. The van der Waals surface area contributed by atoms with E-state index in [2.05, 4.69) is 4.98 Å². The fraction of sp³-hybridized carbons (Fsp3) is 0.167. The van der Waals surface area contributed by atoms with E-state index in [1.54, 1.807) is 0 Å². The minimum atomic E-state index is -0.592. The third-order valence-electron chi connectivity index (χ3n) is 4.94. The van der Waals surface area contributed by atoms with Crippen LogP contribution in [0.25, 0.3) is 22.2 Å². The van der Waals surface area contributed by atoms with Crippen LogP contribution >= 0.6 is 0 Å². The van der Waals surface area contributed by atoms with Crippen LogP contribution in [0.1, 0.15) is 18.4 Å². The van der Waals surface area contributed by atoms with Crippen LogP contribution in [0.3, 0.4) is 0 Å². The highest BCUT2D eigenvalue weighted by atomic mass is 19.1. The van der Waals surface area contributed by atoms with E-state index in [-0.39, 0.29) is 0 Å². The number of aromatic nitrogens is 1. The third-order valence-corrected chi connectivity index (χ3v) is 4.94. The summed E-state index contributed by atoms with van der Waals surface area (Å²) in [5.41, 5.74) is 8.55. The Morgan fingerprint density at radius 1 is 0.862 bits per heavy atom. The molecule has 3 aromatic carbocycles. The number of ether oxygens (including phenoxy) is 1. The molecule has 0 amide bonds. The Labute approximate surface area is 168 Å². The van der Waals surface area contributed by atoms with Crippen molar-refractivity contribution in [2.75, 3.05) is 6.54 Å². The van der Waals surface area contributed by atoms with Gasteiger partial charge in [-0.25, -0.2) is 8.78 Å². The molecule has 0 bridgehead atoms. The normalized spacial score (nSPS) is 11.1. The minimum Gasteiger partial charge on any atom is -0.457 e. The van der Waals surface area contributed by atoms with E-state index in [9.17, 15) is 8.78 Å². The maximum atomic E-state index is 14.5. The van der Waals surface area contributed by atoms with Gasteiger partial charge in [0, 0.05) is 22.5 Å². The first-order chi connectivity index (χ1) is 14.2. The van der Waals surface area contributed by atoms with Gasteiger partial charge in [-0.3, -0.25) is 0 Å². The van der Waals surface area contributed by atoms with Gasteiger partial charge in [0.1, 0.15) is 23.1 Å². The summed E-state index contributed by atoms with van der Waals surface area (Å²) >= 11 is 0. The number of rotatable bonds is 7. The molecule has 3 N–H and O–H groups in total. The van der Waals surface area contributed by atoms with Gasteiger partial charge in [-0.2, -0.15) is 0 Å². The van der Waals surface area contributed by atoms with Crippen LogP contribution in [-0.2, 0) is 6.42 Å². The van der Waals surface area contributed by atoms with Crippen molar-refractivity contribution >= 4 is 10.9 Å². The fourth-order valence-corrected chi connectivity index (χ4v) is 3.54. The monoisotopic (exact) mass is 392 g/mol. The summed E-state index contributed by atoms with van der Waals surface area (Å²) in [4.78, 5) is 3.31. The molecule has 5 heteroatoms. The lowest BCUT2D eigenvalue weighted by molar-refractivity contribution is 0.483. The highest BCUT2D eigenvalue weighted by molar-refractivity contribution is 5.92. The van der Waals surface area contributed by atoms with Gasteiger partial charge in [0.2, 0.25) is 0 Å². The van der Waals surface area contributed by atoms with E-state index in [1.807, 2.05) is 48.5 Å². The van der Waals surface area contributed by atoms with Gasteiger partial charge >= 0.3 is 0 Å². The van der Waals surface area contributed by atoms with Crippen LogP contribution in [-0.4, -0.2) is 11.5 Å². The first-order valence-electron chi connectivity index (χ1n) is 9.68. The second kappa shape index (κ2) is 8.45. The first-order valence-corrected chi connectivity index (χ1v) is 9.68. The quantitative estimate of drug-likeness (QED) is 0.369. The molecule has 0 aliphatic rings. The molecule has 148 valence electrons. The Morgan fingerprint density at radius 3 is 2.45 bits per heavy atom. The molecule has 3 nitrogen and oxygen atoms in total. The molecule has 0 fully saturated rings. The van der Waals surface area contributed by atoms with Gasteiger partial charge in [-0.05, 0) is 73.8 Å². The molecular formula is C24H22F2N2O. The summed E-state index contributed by atoms with van der Waals surface area (Å²) in [5, 5.41) is 0.967. The van der Waals surface area contributed by atoms with E-state index in [1.165, 1.54) is 12.1 Å². The van der Waals surface area contributed by atoms with E-state index in [4.69, 9.17) is 10.5 Å². The summed E-state index contributed by atoms with van der Waals surface area (Å²) < 4.78 is 33.9. The highest BCUT2D eigenvalue weighted by Crippen LogP contribution is 2.35. The molecule has 29 heavy (non-hydrogen) atoms. The smallest absolute Gasteiger partial charge is 0.135 e. The lowest BCUT2D eigenvalue weighted by atomic mass is 10.00. The van der Waals surface area contributed by atoms with Crippen molar-refractivity contribution in [3.63, 3.8) is 0 Å². The molecule has 0 aliphatic carbocycles. The molecule has 0 spiro atoms. The van der Waals surface area contributed by atoms with E-state index < -0.39 is 11.6 Å². The largest absolute Gasteiger partial charge is 0.457 e. The standard InChI is InChI=1S/C24H22F2N2O/c25-16-9-11-20(22(26)14-16)24-19(8-4-5-13-27)21-15-18(10-12-23(21)28-24)29-17-6-2-1-3-7-17/h1-3,6-7,9-12,14-15,28H,4-5,8,13,27H2. The molecule has 0 unspecified atom stereocenters. The summed E-state index contributed by atoms with van der Waals surface area (Å²) in [6.07, 6.45) is 2.49. The topological polar surface area (TPSA) is 51.0 Å². The Kier molecular flexibility index (Phi) is 5.58. The van der Waals surface area contributed by atoms with Gasteiger partial charge in [0.25, 0.3) is 0 Å². The maximum absolute atomic E-state index is 14.5. The first kappa shape index (κ1) is 19.2. The van der Waals surface area contributed by atoms with Gasteiger partial charge in [-0.1, -0.05) is 18.2 Å². The number of aromatic amines is 1. The number of nitrogens with two attached hydrogens (primary N) is 1. The number of fused-ring (bicyclic) bond motifs is 1. The number of unbranched alkanes of at least 4 members (excludes halogenated alkanes) is 1. The summed E-state index contributed by atoms with van der Waals surface area (Å²) in [7, 11) is 0. The van der Waals surface area contributed by atoms with Crippen molar-refractivity contribution in [3.8, 4) is 22.8 Å². The number of hydrogen-bond acceptors (Lipinski definition) is 2. The molecule has 1 aromatic heterocycles. The third kappa shape index (κ3) is 4.15. The predicted octanol–water partition coefficient (Wildman–Crippen LogP) is 6.19. The Hall–Kier alpha value is -3.18. The van der Waals surface area contributed by atoms with Gasteiger partial charge in [-0.15, -0.1) is 0 Å². The van der Waals surface area contributed by atoms with Gasteiger partial charge < -0.3 is 15.5 Å². The molecule has 0 saturated carbocycles. The van der Waals surface area contributed by atoms with Crippen LogP contribution in [0.15, 0.2) is 66.7 Å². The molecule has 0 aliphatic heterocycles. The number of benzene rings is 3. The zero-order valence-corrected chi connectivity index (χ0v) is 15.9. The lowest BCUT2D eigenvalue weighted by Crippen LogP contribution is -1.99. The number of aryl methyl sites for hydroxylation is 1. The minimum absolute atomic E-state index is 0.357. The van der Waals surface area contributed by atoms with Gasteiger partial charge in [0.15, 0.2) is 0 Å². The average molecular weight is 392 g/mol. The number of para-hydroxylation sites is 1. The average Bonchev–Trinajstić information content (AvgIpc) is 3.07. The van der Waals surface area contributed by atoms with Crippen molar-refractivity contribution in [2.24, 2.45) is 5.73 Å². The zero-order chi connectivity index (χ0) is 20.2. The van der Waals surface area contributed by atoms with Crippen LogP contribution < -0.4 is 10.5 Å². The molecule has 0 radical (unpaired) electrons.